The summed E-state index contributed by atoms with van der Waals surface area (Å²) in [6, 6.07) is 4.74. The summed E-state index contributed by atoms with van der Waals surface area (Å²) < 4.78 is 14.3. The SMILES string of the molecule is CC.CN(C)C(=O)C(=O)N(C)C1CCCn2c1nc(C(=O)NCc1ccc(F)cc1)c(O)c2=O. The molecule has 0 saturated heterocycles. The molecule has 1 aliphatic heterocycles. The molecule has 1 unspecified atom stereocenters. The van der Waals surface area contributed by atoms with Crippen LogP contribution in [-0.4, -0.2) is 63.3 Å². The van der Waals surface area contributed by atoms with Crippen molar-refractivity contribution in [1.29, 1.82) is 0 Å². The van der Waals surface area contributed by atoms with E-state index in [2.05, 4.69) is 10.3 Å². The predicted octanol–water partition coefficient (Wildman–Crippen LogP) is 1.43. The van der Waals surface area contributed by atoms with E-state index in [-0.39, 0.29) is 18.9 Å². The molecule has 0 bridgehead atoms. The Balaban J connectivity index is 0.00000199. The molecule has 2 N–H and O–H groups in total. The van der Waals surface area contributed by atoms with Crippen molar-refractivity contribution in [2.45, 2.75) is 45.8 Å². The summed E-state index contributed by atoms with van der Waals surface area (Å²) in [5.41, 5.74) is -0.666. The van der Waals surface area contributed by atoms with E-state index in [4.69, 9.17) is 0 Å². The fraction of sp³-hybridized carbons (Fsp3) is 0.435. The second-order valence-corrected chi connectivity index (χ2v) is 7.71. The van der Waals surface area contributed by atoms with Crippen molar-refractivity contribution >= 4 is 17.7 Å². The van der Waals surface area contributed by atoms with Crippen LogP contribution in [0.2, 0.25) is 0 Å². The van der Waals surface area contributed by atoms with Gasteiger partial charge in [-0.1, -0.05) is 26.0 Å². The minimum absolute atomic E-state index is 0.0256. The van der Waals surface area contributed by atoms with E-state index in [1.165, 1.54) is 54.9 Å². The van der Waals surface area contributed by atoms with Gasteiger partial charge in [-0.15, -0.1) is 0 Å². The second-order valence-electron chi connectivity index (χ2n) is 7.71. The molecule has 10 nitrogen and oxygen atoms in total. The highest BCUT2D eigenvalue weighted by atomic mass is 19.1. The van der Waals surface area contributed by atoms with Crippen LogP contribution in [0.3, 0.4) is 0 Å². The summed E-state index contributed by atoms with van der Waals surface area (Å²) in [6.07, 6.45) is 0.944. The Morgan fingerprint density at radius 1 is 1.15 bits per heavy atom. The van der Waals surface area contributed by atoms with E-state index < -0.39 is 46.6 Å². The van der Waals surface area contributed by atoms with E-state index in [1.807, 2.05) is 13.8 Å². The number of aromatic hydroxyl groups is 1. The number of carbonyl (C=O) groups excluding carboxylic acids is 3. The average molecular weight is 476 g/mol. The summed E-state index contributed by atoms with van der Waals surface area (Å²) >= 11 is 0. The van der Waals surface area contributed by atoms with Gasteiger partial charge in [-0.25, -0.2) is 9.37 Å². The van der Waals surface area contributed by atoms with Gasteiger partial charge in [0.15, 0.2) is 5.69 Å². The minimum atomic E-state index is -0.802. The van der Waals surface area contributed by atoms with E-state index in [9.17, 15) is 28.7 Å². The molecule has 1 aliphatic rings. The van der Waals surface area contributed by atoms with E-state index in [0.717, 1.165) is 4.90 Å². The van der Waals surface area contributed by atoms with Crippen LogP contribution < -0.4 is 10.9 Å². The number of nitrogens with zero attached hydrogens (tertiary/aromatic N) is 4. The molecule has 3 rings (SSSR count). The molecular weight excluding hydrogens is 445 g/mol. The smallest absolute Gasteiger partial charge is 0.312 e. The van der Waals surface area contributed by atoms with Gasteiger partial charge in [0.05, 0.1) is 6.04 Å². The molecule has 0 aliphatic carbocycles. The van der Waals surface area contributed by atoms with Gasteiger partial charge in [-0.05, 0) is 30.5 Å². The van der Waals surface area contributed by atoms with Gasteiger partial charge in [-0.3, -0.25) is 23.7 Å². The second kappa shape index (κ2) is 11.4. The maximum Gasteiger partial charge on any atom is 0.312 e. The highest BCUT2D eigenvalue weighted by molar-refractivity contribution is 6.34. The third-order valence-corrected chi connectivity index (χ3v) is 5.29. The Bertz CT molecular complexity index is 1110. The number of rotatable bonds is 4. The molecule has 1 atom stereocenters. The van der Waals surface area contributed by atoms with Gasteiger partial charge >= 0.3 is 11.8 Å². The van der Waals surface area contributed by atoms with Crippen molar-refractivity contribution < 1.29 is 23.9 Å². The Labute approximate surface area is 197 Å². The fourth-order valence-electron chi connectivity index (χ4n) is 3.48. The lowest BCUT2D eigenvalue weighted by Gasteiger charge is -2.33. The van der Waals surface area contributed by atoms with E-state index in [1.54, 1.807) is 0 Å². The van der Waals surface area contributed by atoms with Gasteiger partial charge in [0.2, 0.25) is 5.75 Å². The Morgan fingerprint density at radius 3 is 2.35 bits per heavy atom. The van der Waals surface area contributed by atoms with Crippen LogP contribution in [0.4, 0.5) is 4.39 Å². The third kappa shape index (κ3) is 5.59. The van der Waals surface area contributed by atoms with Crippen molar-refractivity contribution in [1.82, 2.24) is 24.7 Å². The van der Waals surface area contributed by atoms with Crippen LogP contribution in [0.25, 0.3) is 0 Å². The average Bonchev–Trinajstić information content (AvgIpc) is 2.85. The third-order valence-electron chi connectivity index (χ3n) is 5.29. The minimum Gasteiger partial charge on any atom is -0.501 e. The molecule has 11 heteroatoms. The number of amides is 3. The lowest BCUT2D eigenvalue weighted by atomic mass is 10.0. The highest BCUT2D eigenvalue weighted by Gasteiger charge is 2.34. The zero-order valence-corrected chi connectivity index (χ0v) is 20.0. The van der Waals surface area contributed by atoms with Crippen molar-refractivity contribution in [2.75, 3.05) is 21.1 Å². The van der Waals surface area contributed by atoms with Crippen LogP contribution in [0.1, 0.15) is 54.6 Å². The van der Waals surface area contributed by atoms with Gasteiger partial charge in [0.25, 0.3) is 11.5 Å². The van der Waals surface area contributed by atoms with Crippen molar-refractivity contribution in [2.24, 2.45) is 0 Å². The Hall–Kier alpha value is -3.76. The Morgan fingerprint density at radius 2 is 1.76 bits per heavy atom. The number of hydrogen-bond donors (Lipinski definition) is 2. The molecule has 34 heavy (non-hydrogen) atoms. The normalized spacial score (nSPS) is 14.2. The molecular formula is C23H30FN5O5. The first kappa shape index (κ1) is 26.5. The number of halogens is 1. The zero-order valence-electron chi connectivity index (χ0n) is 20.0. The first-order valence-electron chi connectivity index (χ1n) is 11.0. The first-order chi connectivity index (χ1) is 16.1. The van der Waals surface area contributed by atoms with Crippen molar-refractivity contribution in [3.63, 3.8) is 0 Å². The number of aromatic nitrogens is 2. The summed E-state index contributed by atoms with van der Waals surface area (Å²) in [4.78, 5) is 56.5. The Kier molecular flexibility index (Phi) is 8.88. The van der Waals surface area contributed by atoms with E-state index >= 15 is 0 Å². The largest absolute Gasteiger partial charge is 0.501 e. The monoisotopic (exact) mass is 475 g/mol. The maximum absolute atomic E-state index is 13.0. The predicted molar refractivity (Wildman–Crippen MR) is 123 cm³/mol. The van der Waals surface area contributed by atoms with Crippen LogP contribution >= 0.6 is 0 Å². The number of benzene rings is 1. The van der Waals surface area contributed by atoms with Gasteiger partial charge in [0.1, 0.15) is 11.6 Å². The number of nitrogens with one attached hydrogen (secondary N) is 1. The van der Waals surface area contributed by atoms with Crippen LogP contribution in [0, 0.1) is 5.82 Å². The van der Waals surface area contributed by atoms with Crippen molar-refractivity contribution in [3.05, 3.63) is 57.5 Å². The van der Waals surface area contributed by atoms with Gasteiger partial charge < -0.3 is 20.2 Å². The number of carbonyl (C=O) groups is 3. The molecule has 3 amide bonds. The van der Waals surface area contributed by atoms with E-state index in [0.29, 0.717) is 18.4 Å². The summed E-state index contributed by atoms with van der Waals surface area (Å²) in [5.74, 6) is -3.41. The molecule has 0 saturated carbocycles. The van der Waals surface area contributed by atoms with Gasteiger partial charge in [-0.2, -0.15) is 0 Å². The molecule has 1 aromatic heterocycles. The molecule has 0 radical (unpaired) electrons. The highest BCUT2D eigenvalue weighted by Crippen LogP contribution is 2.29. The summed E-state index contributed by atoms with van der Waals surface area (Å²) in [7, 11) is 4.33. The zero-order chi connectivity index (χ0) is 25.6. The number of likely N-dealkylation sites (N-methyl/N-ethyl adjacent to an activating group) is 2. The van der Waals surface area contributed by atoms with Crippen LogP contribution in [0.5, 0.6) is 5.75 Å². The molecule has 1 aromatic carbocycles. The standard InChI is InChI=1S/C21H24FN5O5.C2H6/c1-25(2)20(31)21(32)26(3)14-5-4-10-27-17(14)24-15(16(28)19(27)30)18(29)23-11-12-6-8-13(22)9-7-12;1-2/h6-9,14,28H,4-5,10-11H2,1-3H3,(H,23,29);1-2H3. The molecule has 0 spiro atoms. The summed E-state index contributed by atoms with van der Waals surface area (Å²) in [5, 5.41) is 12.8. The van der Waals surface area contributed by atoms with Crippen molar-refractivity contribution in [3.8, 4) is 5.75 Å². The maximum atomic E-state index is 13.0. The first-order valence-corrected chi connectivity index (χ1v) is 11.0. The molecule has 184 valence electrons. The molecule has 2 aromatic rings. The molecule has 2 heterocycles. The summed E-state index contributed by atoms with van der Waals surface area (Å²) in [6.45, 7) is 4.28. The molecule has 0 fully saturated rings. The lowest BCUT2D eigenvalue weighted by Crippen LogP contribution is -2.45. The number of hydrogen-bond acceptors (Lipinski definition) is 6. The quantitative estimate of drug-likeness (QED) is 0.645. The van der Waals surface area contributed by atoms with Crippen LogP contribution in [-0.2, 0) is 22.7 Å². The van der Waals surface area contributed by atoms with Gasteiger partial charge in [0, 0.05) is 34.2 Å². The fourth-order valence-corrected chi connectivity index (χ4v) is 3.48. The number of fused-ring (bicyclic) bond motifs is 1. The topological polar surface area (TPSA) is 125 Å². The van der Waals surface area contributed by atoms with Crippen LogP contribution in [0.15, 0.2) is 29.1 Å². The lowest BCUT2D eigenvalue weighted by molar-refractivity contribution is -0.151.